The minimum atomic E-state index is -1.44. The largest absolute Gasteiger partial charge is 0.394 e. The number of benzene rings is 2. The first-order valence-electron chi connectivity index (χ1n) is 7.36. The lowest BCUT2D eigenvalue weighted by atomic mass is 9.86. The maximum Gasteiger partial charge on any atom is 0.269 e. The summed E-state index contributed by atoms with van der Waals surface area (Å²) >= 11 is 0. The molecule has 0 radical (unpaired) electrons. The number of aliphatic hydroxyl groups is 1. The summed E-state index contributed by atoms with van der Waals surface area (Å²) in [6, 6.07) is 12.4. The summed E-state index contributed by atoms with van der Waals surface area (Å²) in [4.78, 5) is 10.3. The van der Waals surface area contributed by atoms with E-state index in [0.717, 1.165) is 23.8 Å². The monoisotopic (exact) mass is 334 g/mol. The molecule has 0 spiro atoms. The molecular formula is C17H19FN2O4. The highest BCUT2D eigenvalue weighted by Crippen LogP contribution is 2.30. The highest BCUT2D eigenvalue weighted by atomic mass is 19.1. The van der Waals surface area contributed by atoms with Crippen LogP contribution >= 0.6 is 0 Å². The Bertz CT molecular complexity index is 707. The summed E-state index contributed by atoms with van der Waals surface area (Å²) < 4.78 is 19.8. The third-order valence-electron chi connectivity index (χ3n) is 3.87. The molecule has 0 fully saturated rings. The standard InChI is InChI=1S/C17H19FN2O4/c1-17(19,14-9-13(20(22)23)7-8-15(14)18)16(10-21)24-11-12-5-3-2-4-6-12/h2-9,16,21H,10-11,19H2,1H3/t16?,17-/m1/s1. The van der Waals surface area contributed by atoms with Crippen LogP contribution in [0.1, 0.15) is 18.1 Å². The lowest BCUT2D eigenvalue weighted by molar-refractivity contribution is -0.385. The molecule has 0 aliphatic carbocycles. The van der Waals surface area contributed by atoms with E-state index in [4.69, 9.17) is 10.5 Å². The molecule has 0 bridgehead atoms. The molecule has 0 amide bonds. The van der Waals surface area contributed by atoms with Gasteiger partial charge in [0.05, 0.1) is 23.7 Å². The number of nitrogens with zero attached hydrogens (tertiary/aromatic N) is 1. The van der Waals surface area contributed by atoms with Crippen LogP contribution in [0.2, 0.25) is 0 Å². The van der Waals surface area contributed by atoms with Crippen molar-refractivity contribution in [3.63, 3.8) is 0 Å². The van der Waals surface area contributed by atoms with Crippen molar-refractivity contribution in [2.45, 2.75) is 25.2 Å². The van der Waals surface area contributed by atoms with Gasteiger partial charge in [-0.3, -0.25) is 10.1 Å². The highest BCUT2D eigenvalue weighted by molar-refractivity contribution is 5.39. The van der Waals surface area contributed by atoms with Gasteiger partial charge >= 0.3 is 0 Å². The van der Waals surface area contributed by atoms with Gasteiger partial charge in [-0.25, -0.2) is 4.39 Å². The highest BCUT2D eigenvalue weighted by Gasteiger charge is 2.36. The van der Waals surface area contributed by atoms with Crippen molar-refractivity contribution in [3.05, 3.63) is 75.6 Å². The summed E-state index contributed by atoms with van der Waals surface area (Å²) in [5.74, 6) is -0.688. The number of non-ortho nitro benzene ring substituents is 1. The zero-order valence-corrected chi connectivity index (χ0v) is 13.2. The molecule has 0 aliphatic heterocycles. The normalized spacial score (nSPS) is 14.8. The van der Waals surface area contributed by atoms with Crippen molar-refractivity contribution in [1.82, 2.24) is 0 Å². The fourth-order valence-electron chi connectivity index (χ4n) is 2.40. The van der Waals surface area contributed by atoms with Gasteiger partial charge in [0.15, 0.2) is 0 Å². The van der Waals surface area contributed by atoms with Gasteiger partial charge in [0.25, 0.3) is 5.69 Å². The van der Waals surface area contributed by atoms with Crippen LogP contribution in [-0.4, -0.2) is 22.7 Å². The molecule has 0 saturated carbocycles. The van der Waals surface area contributed by atoms with Crippen molar-refractivity contribution in [2.24, 2.45) is 5.73 Å². The quantitative estimate of drug-likeness (QED) is 0.599. The Hall–Kier alpha value is -2.35. The van der Waals surface area contributed by atoms with Gasteiger partial charge in [-0.1, -0.05) is 30.3 Å². The number of hydrogen-bond donors (Lipinski definition) is 2. The minimum Gasteiger partial charge on any atom is -0.394 e. The van der Waals surface area contributed by atoms with E-state index in [1.54, 1.807) is 0 Å². The van der Waals surface area contributed by atoms with Crippen LogP contribution in [0.5, 0.6) is 0 Å². The zero-order valence-electron chi connectivity index (χ0n) is 13.2. The summed E-state index contributed by atoms with van der Waals surface area (Å²) in [5, 5.41) is 20.5. The van der Waals surface area contributed by atoms with Gasteiger partial charge in [0.2, 0.25) is 0 Å². The molecule has 2 atom stereocenters. The van der Waals surface area contributed by atoms with E-state index in [9.17, 15) is 19.6 Å². The lowest BCUT2D eigenvalue weighted by Gasteiger charge is -2.33. The number of aliphatic hydroxyl groups excluding tert-OH is 1. The van der Waals surface area contributed by atoms with E-state index < -0.39 is 29.0 Å². The fourth-order valence-corrected chi connectivity index (χ4v) is 2.40. The predicted molar refractivity (Wildman–Crippen MR) is 86.7 cm³/mol. The first kappa shape index (κ1) is 18.0. The Morgan fingerprint density at radius 3 is 2.58 bits per heavy atom. The number of nitro benzene ring substituents is 1. The number of ether oxygens (including phenoxy) is 1. The van der Waals surface area contributed by atoms with Crippen LogP contribution in [0.3, 0.4) is 0 Å². The van der Waals surface area contributed by atoms with E-state index >= 15 is 0 Å². The number of rotatable bonds is 7. The maximum absolute atomic E-state index is 14.1. The molecule has 7 heteroatoms. The Kier molecular flexibility index (Phi) is 5.61. The van der Waals surface area contributed by atoms with Crippen LogP contribution in [-0.2, 0) is 16.9 Å². The Morgan fingerprint density at radius 2 is 2.00 bits per heavy atom. The van der Waals surface area contributed by atoms with Gasteiger partial charge < -0.3 is 15.6 Å². The fraction of sp³-hybridized carbons (Fsp3) is 0.294. The van der Waals surface area contributed by atoms with Crippen molar-refractivity contribution >= 4 is 5.69 Å². The minimum absolute atomic E-state index is 0.0798. The van der Waals surface area contributed by atoms with Gasteiger partial charge in [-0.2, -0.15) is 0 Å². The van der Waals surface area contributed by atoms with Gasteiger partial charge in [-0.05, 0) is 18.6 Å². The topological polar surface area (TPSA) is 98.6 Å². The molecular weight excluding hydrogens is 315 g/mol. The third kappa shape index (κ3) is 3.94. The number of nitro groups is 1. The molecule has 128 valence electrons. The SMILES string of the molecule is C[C@@](N)(c1cc([N+](=O)[O-])ccc1F)C(CO)OCc1ccccc1. The summed E-state index contributed by atoms with van der Waals surface area (Å²) in [5.41, 5.74) is 5.25. The molecule has 0 aromatic heterocycles. The summed E-state index contributed by atoms with van der Waals surface area (Å²) in [6.07, 6.45) is -0.936. The average Bonchev–Trinajstić information content (AvgIpc) is 2.56. The first-order valence-corrected chi connectivity index (χ1v) is 7.36. The molecule has 6 nitrogen and oxygen atoms in total. The van der Waals surface area contributed by atoms with Crippen LogP contribution in [0.25, 0.3) is 0 Å². The molecule has 3 N–H and O–H groups in total. The third-order valence-corrected chi connectivity index (χ3v) is 3.87. The van der Waals surface area contributed by atoms with E-state index in [1.807, 2.05) is 30.3 Å². The van der Waals surface area contributed by atoms with E-state index in [2.05, 4.69) is 0 Å². The molecule has 2 aromatic rings. The number of hydrogen-bond acceptors (Lipinski definition) is 5. The molecule has 2 aromatic carbocycles. The Morgan fingerprint density at radius 1 is 1.33 bits per heavy atom. The van der Waals surface area contributed by atoms with Crippen molar-refractivity contribution in [1.29, 1.82) is 0 Å². The van der Waals surface area contributed by atoms with Crippen LogP contribution in [0.15, 0.2) is 48.5 Å². The average molecular weight is 334 g/mol. The predicted octanol–water partition coefficient (Wildman–Crippen LogP) is 2.49. The second kappa shape index (κ2) is 7.48. The first-order chi connectivity index (χ1) is 11.4. The Balaban J connectivity index is 2.25. The molecule has 0 heterocycles. The van der Waals surface area contributed by atoms with Gasteiger partial charge in [0.1, 0.15) is 11.9 Å². The van der Waals surface area contributed by atoms with Crippen molar-refractivity contribution < 1.29 is 19.2 Å². The molecule has 2 rings (SSSR count). The van der Waals surface area contributed by atoms with Crippen LogP contribution in [0, 0.1) is 15.9 Å². The Labute approximate surface area is 138 Å². The second-order valence-corrected chi connectivity index (χ2v) is 5.67. The summed E-state index contributed by atoms with van der Waals surface area (Å²) in [6.45, 7) is 1.19. The van der Waals surface area contributed by atoms with E-state index in [-0.39, 0.29) is 17.9 Å². The molecule has 24 heavy (non-hydrogen) atoms. The molecule has 1 unspecified atom stereocenters. The molecule has 0 saturated heterocycles. The number of nitrogens with two attached hydrogens (primary N) is 1. The van der Waals surface area contributed by atoms with Gasteiger partial charge in [0, 0.05) is 17.7 Å². The van der Waals surface area contributed by atoms with Crippen LogP contribution in [0.4, 0.5) is 10.1 Å². The summed E-state index contributed by atoms with van der Waals surface area (Å²) in [7, 11) is 0. The van der Waals surface area contributed by atoms with Crippen LogP contribution < -0.4 is 5.73 Å². The van der Waals surface area contributed by atoms with Crippen molar-refractivity contribution in [2.75, 3.05) is 6.61 Å². The second-order valence-electron chi connectivity index (χ2n) is 5.67. The van der Waals surface area contributed by atoms with Crippen molar-refractivity contribution in [3.8, 4) is 0 Å². The molecule has 0 aliphatic rings. The van der Waals surface area contributed by atoms with E-state index in [0.29, 0.717) is 0 Å². The van der Waals surface area contributed by atoms with E-state index in [1.165, 1.54) is 6.92 Å². The zero-order chi connectivity index (χ0) is 17.7. The lowest BCUT2D eigenvalue weighted by Crippen LogP contribution is -2.49. The number of halogens is 1. The maximum atomic E-state index is 14.1. The smallest absolute Gasteiger partial charge is 0.269 e. The van der Waals surface area contributed by atoms with Gasteiger partial charge in [-0.15, -0.1) is 0 Å².